The summed E-state index contributed by atoms with van der Waals surface area (Å²) in [4.78, 5) is 12.6. The van der Waals surface area contributed by atoms with Crippen molar-refractivity contribution in [2.24, 2.45) is 5.73 Å². The number of amides is 1. The van der Waals surface area contributed by atoms with Gasteiger partial charge in [0.1, 0.15) is 0 Å². The molecule has 1 saturated heterocycles. The van der Waals surface area contributed by atoms with E-state index in [1.54, 1.807) is 0 Å². The van der Waals surface area contributed by atoms with Crippen molar-refractivity contribution in [1.29, 1.82) is 0 Å². The number of nitrogens with two attached hydrogens (primary N) is 1. The van der Waals surface area contributed by atoms with Crippen LogP contribution in [-0.2, 0) is 4.79 Å². The van der Waals surface area contributed by atoms with E-state index in [2.05, 4.69) is 0 Å². The smallest absolute Gasteiger partial charge is 0.255 e. The lowest BCUT2D eigenvalue weighted by Crippen LogP contribution is -2.48. The van der Waals surface area contributed by atoms with Crippen molar-refractivity contribution in [3.63, 3.8) is 0 Å². The molecule has 1 amide bonds. The number of likely N-dealkylation sites (tertiary alicyclic amines) is 1. The number of halogens is 1. The van der Waals surface area contributed by atoms with Crippen molar-refractivity contribution < 1.29 is 9.18 Å². The summed E-state index contributed by atoms with van der Waals surface area (Å²) in [6.07, 6.45) is 0.470. The number of primary amides is 1. The minimum absolute atomic E-state index is 0.235. The molecule has 1 fully saturated rings. The molecule has 1 aliphatic heterocycles. The highest BCUT2D eigenvalue weighted by Gasteiger charge is 2.39. The van der Waals surface area contributed by atoms with Gasteiger partial charge in [-0.25, -0.2) is 4.39 Å². The van der Waals surface area contributed by atoms with Gasteiger partial charge in [-0.15, -0.1) is 0 Å². The van der Waals surface area contributed by atoms with Gasteiger partial charge in [-0.05, 0) is 7.05 Å². The lowest BCUT2D eigenvalue weighted by molar-refractivity contribution is -0.132. The molecule has 4 heteroatoms. The van der Waals surface area contributed by atoms with Gasteiger partial charge < -0.3 is 10.6 Å². The first-order valence-electron chi connectivity index (χ1n) is 4.72. The summed E-state index contributed by atoms with van der Waals surface area (Å²) in [6, 6.07) is 0. The number of alkyl halides is 1. The molecule has 78 valence electrons. The second kappa shape index (κ2) is 5.17. The van der Waals surface area contributed by atoms with Crippen LogP contribution in [0.25, 0.3) is 0 Å². The zero-order valence-corrected chi connectivity index (χ0v) is 8.64. The van der Waals surface area contributed by atoms with Gasteiger partial charge in [0, 0.05) is 25.9 Å². The van der Waals surface area contributed by atoms with E-state index in [-0.39, 0.29) is 12.8 Å². The van der Waals surface area contributed by atoms with E-state index in [1.807, 2.05) is 25.8 Å². The van der Waals surface area contributed by atoms with E-state index in [1.165, 1.54) is 0 Å². The average molecular weight is 190 g/mol. The van der Waals surface area contributed by atoms with Crippen LogP contribution in [0.15, 0.2) is 0 Å². The van der Waals surface area contributed by atoms with Crippen LogP contribution < -0.4 is 5.73 Å². The summed E-state index contributed by atoms with van der Waals surface area (Å²) in [5.41, 5.74) is 3.17. The van der Waals surface area contributed by atoms with E-state index in [9.17, 15) is 9.18 Å². The molecule has 0 radical (unpaired) electrons. The predicted molar refractivity (Wildman–Crippen MR) is 51.1 cm³/mol. The van der Waals surface area contributed by atoms with Crippen LogP contribution in [0, 0.1) is 0 Å². The van der Waals surface area contributed by atoms with Crippen LogP contribution in [0.4, 0.5) is 4.39 Å². The molecular weight excluding hydrogens is 171 g/mol. The molecule has 0 aromatic rings. The zero-order chi connectivity index (χ0) is 10.5. The molecule has 2 N–H and O–H groups in total. The number of piperidine rings is 1. The summed E-state index contributed by atoms with van der Waals surface area (Å²) in [5.74, 6) is -0.814. The third-order valence-corrected chi connectivity index (χ3v) is 2.22. The fraction of sp³-hybridized carbons (Fsp3) is 0.889. The van der Waals surface area contributed by atoms with Crippen LogP contribution in [0.2, 0.25) is 0 Å². The van der Waals surface area contributed by atoms with E-state index in [0.29, 0.717) is 13.1 Å². The van der Waals surface area contributed by atoms with Crippen molar-refractivity contribution in [2.75, 3.05) is 20.1 Å². The van der Waals surface area contributed by atoms with Gasteiger partial charge in [-0.1, -0.05) is 13.8 Å². The van der Waals surface area contributed by atoms with Crippen LogP contribution in [0.5, 0.6) is 0 Å². The molecule has 0 unspecified atom stereocenters. The Labute approximate surface area is 79.1 Å². The summed E-state index contributed by atoms with van der Waals surface area (Å²) < 4.78 is 13.4. The largest absolute Gasteiger partial charge is 0.367 e. The van der Waals surface area contributed by atoms with E-state index >= 15 is 0 Å². The van der Waals surface area contributed by atoms with E-state index in [4.69, 9.17) is 5.73 Å². The van der Waals surface area contributed by atoms with Crippen molar-refractivity contribution in [3.8, 4) is 0 Å². The number of carbonyl (C=O) groups excluding carboxylic acids is 1. The van der Waals surface area contributed by atoms with Gasteiger partial charge in [-0.2, -0.15) is 0 Å². The Morgan fingerprint density at radius 2 is 1.77 bits per heavy atom. The van der Waals surface area contributed by atoms with Gasteiger partial charge in [0.15, 0.2) is 5.67 Å². The first kappa shape index (κ1) is 12.4. The number of nitrogens with zero attached hydrogens (tertiary/aromatic N) is 1. The van der Waals surface area contributed by atoms with Gasteiger partial charge in [0.05, 0.1) is 0 Å². The van der Waals surface area contributed by atoms with Gasteiger partial charge >= 0.3 is 0 Å². The fourth-order valence-corrected chi connectivity index (χ4v) is 1.22. The highest BCUT2D eigenvalue weighted by Crippen LogP contribution is 2.24. The molecule has 0 spiro atoms. The Morgan fingerprint density at radius 3 is 2.08 bits per heavy atom. The highest BCUT2D eigenvalue weighted by atomic mass is 19.1. The second-order valence-electron chi connectivity index (χ2n) is 3.13. The number of hydrogen-bond donors (Lipinski definition) is 1. The molecular formula is C9H19FN2O. The third kappa shape index (κ3) is 3.30. The van der Waals surface area contributed by atoms with Crippen LogP contribution in [0.1, 0.15) is 26.7 Å². The summed E-state index contributed by atoms with van der Waals surface area (Å²) in [5, 5.41) is 0. The summed E-state index contributed by atoms with van der Waals surface area (Å²) >= 11 is 0. The molecule has 0 aromatic carbocycles. The molecule has 0 saturated carbocycles. The molecule has 1 aliphatic rings. The topological polar surface area (TPSA) is 46.3 Å². The number of hydrogen-bond acceptors (Lipinski definition) is 2. The summed E-state index contributed by atoms with van der Waals surface area (Å²) in [6.45, 7) is 5.22. The maximum atomic E-state index is 13.4. The average Bonchev–Trinajstić information content (AvgIpc) is 2.14. The van der Waals surface area contributed by atoms with Crippen LogP contribution >= 0.6 is 0 Å². The molecule has 0 aliphatic carbocycles. The maximum Gasteiger partial charge on any atom is 0.255 e. The molecule has 13 heavy (non-hydrogen) atoms. The third-order valence-electron chi connectivity index (χ3n) is 2.22. The predicted octanol–water partition coefficient (Wildman–Crippen LogP) is 0.932. The maximum absolute atomic E-state index is 13.4. The fourth-order valence-electron chi connectivity index (χ4n) is 1.22. The van der Waals surface area contributed by atoms with Crippen molar-refractivity contribution >= 4 is 5.91 Å². The number of carbonyl (C=O) groups is 1. The van der Waals surface area contributed by atoms with Crippen molar-refractivity contribution in [3.05, 3.63) is 0 Å². The van der Waals surface area contributed by atoms with Crippen LogP contribution in [-0.4, -0.2) is 36.6 Å². The Hall–Kier alpha value is -0.640. The standard InChI is InChI=1S/C7H13FN2O.C2H6/c1-10-4-2-7(8,3-5-10)6(9)11;1-2/h2-5H2,1H3,(H2,9,11);1-2H3. The minimum atomic E-state index is -1.74. The van der Waals surface area contributed by atoms with E-state index < -0.39 is 11.6 Å². The monoisotopic (exact) mass is 190 g/mol. The molecule has 0 bridgehead atoms. The molecule has 3 nitrogen and oxygen atoms in total. The normalized spacial score (nSPS) is 21.5. The zero-order valence-electron chi connectivity index (χ0n) is 8.64. The Morgan fingerprint density at radius 1 is 1.38 bits per heavy atom. The lowest BCUT2D eigenvalue weighted by Gasteiger charge is -2.31. The molecule has 0 atom stereocenters. The van der Waals surface area contributed by atoms with E-state index in [0.717, 1.165) is 0 Å². The summed E-state index contributed by atoms with van der Waals surface area (Å²) in [7, 11) is 1.90. The Balaban J connectivity index is 0.000000671. The first-order chi connectivity index (χ1) is 6.04. The quantitative estimate of drug-likeness (QED) is 0.668. The molecule has 0 aromatic heterocycles. The van der Waals surface area contributed by atoms with Gasteiger partial charge in [-0.3, -0.25) is 4.79 Å². The lowest BCUT2D eigenvalue weighted by atomic mass is 9.93. The molecule has 1 rings (SSSR count). The van der Waals surface area contributed by atoms with Crippen molar-refractivity contribution in [2.45, 2.75) is 32.4 Å². The SMILES string of the molecule is CC.CN1CCC(F)(C(N)=O)CC1. The van der Waals surface area contributed by atoms with Gasteiger partial charge in [0.2, 0.25) is 0 Å². The Kier molecular flexibility index (Phi) is 4.91. The van der Waals surface area contributed by atoms with Crippen molar-refractivity contribution in [1.82, 2.24) is 4.90 Å². The van der Waals surface area contributed by atoms with Gasteiger partial charge in [0.25, 0.3) is 5.91 Å². The minimum Gasteiger partial charge on any atom is -0.367 e. The number of rotatable bonds is 1. The Bertz CT molecular complexity index is 165. The molecule has 1 heterocycles. The highest BCUT2D eigenvalue weighted by molar-refractivity contribution is 5.83. The van der Waals surface area contributed by atoms with Crippen LogP contribution in [0.3, 0.4) is 0 Å². The second-order valence-corrected chi connectivity index (χ2v) is 3.13. The first-order valence-corrected chi connectivity index (χ1v) is 4.72.